The van der Waals surface area contributed by atoms with Gasteiger partial charge in [0.1, 0.15) is 6.17 Å². The zero-order valence-corrected chi connectivity index (χ0v) is 14.3. The number of aromatic nitrogens is 1. The Bertz CT molecular complexity index is 646. The topological polar surface area (TPSA) is 81.7 Å². The lowest BCUT2D eigenvalue weighted by Gasteiger charge is -2.34. The van der Waals surface area contributed by atoms with E-state index in [0.29, 0.717) is 11.2 Å². The Labute approximate surface area is 144 Å². The zero-order chi connectivity index (χ0) is 16.9. The Kier molecular flexibility index (Phi) is 5.54. The van der Waals surface area contributed by atoms with Crippen molar-refractivity contribution >= 4 is 28.6 Å². The van der Waals surface area contributed by atoms with Gasteiger partial charge in [-0.15, -0.1) is 11.3 Å². The number of nitrogens with one attached hydrogen (secondary N) is 3. The number of allylic oxidation sites excluding steroid dienone is 1. The number of anilines is 1. The van der Waals surface area contributed by atoms with Gasteiger partial charge in [0.05, 0.1) is 6.21 Å². The summed E-state index contributed by atoms with van der Waals surface area (Å²) >= 11 is 1.50. The average molecular weight is 352 g/mol. The van der Waals surface area contributed by atoms with E-state index < -0.39 is 0 Å². The number of carbonyl (C=O) groups excluding carboxylic acids is 1. The van der Waals surface area contributed by atoms with Gasteiger partial charge >= 0.3 is 0 Å². The van der Waals surface area contributed by atoms with Crippen LogP contribution in [-0.2, 0) is 11.3 Å². The minimum Gasteiger partial charge on any atom is -0.367 e. The Balaban J connectivity index is 1.49. The van der Waals surface area contributed by atoms with Crippen LogP contribution in [0.3, 0.4) is 0 Å². The molecule has 1 saturated heterocycles. The van der Waals surface area contributed by atoms with E-state index in [-0.39, 0.29) is 17.9 Å². The number of aliphatic imine (C=N–C) groups is 1. The molecule has 0 radical (unpaired) electrons. The molecule has 7 nitrogen and oxygen atoms in total. The maximum Gasteiger partial charge on any atom is 0.223 e. The molecule has 3 rings (SSSR count). The van der Waals surface area contributed by atoms with Crippen LogP contribution in [0.15, 0.2) is 23.2 Å². The molecule has 0 bridgehead atoms. The van der Waals surface area contributed by atoms with Crippen molar-refractivity contribution in [3.63, 3.8) is 0 Å². The first-order chi connectivity index (χ1) is 11.6. The average Bonchev–Trinajstić information content (AvgIpc) is 2.96. The van der Waals surface area contributed by atoms with Crippen LogP contribution in [0.4, 0.5) is 9.52 Å². The minimum absolute atomic E-state index is 0.0864. The molecular formula is C15H21FN6OS. The number of hydrogen-bond donors (Lipinski definition) is 3. The van der Waals surface area contributed by atoms with E-state index in [4.69, 9.17) is 0 Å². The highest BCUT2D eigenvalue weighted by Crippen LogP contribution is 2.20. The number of amides is 1. The number of halogens is 1. The van der Waals surface area contributed by atoms with Crippen molar-refractivity contribution in [2.75, 3.05) is 25.0 Å². The van der Waals surface area contributed by atoms with Gasteiger partial charge in [-0.05, 0) is 0 Å². The lowest BCUT2D eigenvalue weighted by Crippen LogP contribution is -2.52. The lowest BCUT2D eigenvalue weighted by molar-refractivity contribution is -0.114. The normalized spacial score (nSPS) is 24.3. The highest BCUT2D eigenvalue weighted by Gasteiger charge is 2.23. The molecular weight excluding hydrogens is 331 g/mol. The van der Waals surface area contributed by atoms with Crippen LogP contribution in [0.25, 0.3) is 0 Å². The zero-order valence-electron chi connectivity index (χ0n) is 13.5. The molecule has 2 unspecified atom stereocenters. The second-order valence-electron chi connectivity index (χ2n) is 5.92. The number of hydrogen-bond acceptors (Lipinski definition) is 7. The van der Waals surface area contributed by atoms with E-state index in [2.05, 4.69) is 30.8 Å². The van der Waals surface area contributed by atoms with Gasteiger partial charge in [0, 0.05) is 62.8 Å². The summed E-state index contributed by atoms with van der Waals surface area (Å²) in [5.74, 6) is -0.450. The van der Waals surface area contributed by atoms with Gasteiger partial charge in [-0.25, -0.2) is 9.37 Å². The van der Waals surface area contributed by atoms with Gasteiger partial charge in [0.2, 0.25) is 5.91 Å². The number of carbonyl (C=O) groups is 1. The summed E-state index contributed by atoms with van der Waals surface area (Å²) in [6.45, 7) is 5.05. The predicted molar refractivity (Wildman–Crippen MR) is 92.7 cm³/mol. The molecule has 2 aliphatic rings. The fourth-order valence-electron chi connectivity index (χ4n) is 2.82. The number of nitrogens with zero attached hydrogens (tertiary/aromatic N) is 3. The molecule has 1 fully saturated rings. The third kappa shape index (κ3) is 4.83. The molecule has 0 spiro atoms. The quantitative estimate of drug-likeness (QED) is 0.739. The fraction of sp³-hybridized carbons (Fsp3) is 0.533. The van der Waals surface area contributed by atoms with Crippen molar-refractivity contribution in [2.45, 2.75) is 32.1 Å². The molecule has 3 heterocycles. The third-order valence-electron chi connectivity index (χ3n) is 3.85. The van der Waals surface area contributed by atoms with Crippen LogP contribution < -0.4 is 16.0 Å². The number of rotatable bonds is 5. The van der Waals surface area contributed by atoms with E-state index in [9.17, 15) is 9.18 Å². The molecule has 3 N–H and O–H groups in total. The summed E-state index contributed by atoms with van der Waals surface area (Å²) < 4.78 is 12.9. The van der Waals surface area contributed by atoms with Crippen LogP contribution in [-0.4, -0.2) is 53.8 Å². The smallest absolute Gasteiger partial charge is 0.223 e. The number of thiazole rings is 1. The molecule has 9 heteroatoms. The van der Waals surface area contributed by atoms with E-state index in [1.807, 2.05) is 6.20 Å². The van der Waals surface area contributed by atoms with E-state index in [0.717, 1.165) is 37.5 Å². The molecule has 2 aliphatic heterocycles. The summed E-state index contributed by atoms with van der Waals surface area (Å²) in [7, 11) is 0. The fourth-order valence-corrected chi connectivity index (χ4v) is 3.72. The maximum absolute atomic E-state index is 12.9. The highest BCUT2D eigenvalue weighted by molar-refractivity contribution is 7.15. The Hall–Kier alpha value is -1.84. The lowest BCUT2D eigenvalue weighted by atomic mass is 10.1. The van der Waals surface area contributed by atoms with Crippen LogP contribution >= 0.6 is 11.3 Å². The Morgan fingerprint density at radius 2 is 2.46 bits per heavy atom. The van der Waals surface area contributed by atoms with Gasteiger partial charge in [0.25, 0.3) is 0 Å². The molecule has 1 aromatic rings. The van der Waals surface area contributed by atoms with Crippen molar-refractivity contribution < 1.29 is 9.18 Å². The first-order valence-electron chi connectivity index (χ1n) is 7.91. The van der Waals surface area contributed by atoms with Crippen LogP contribution in [0.2, 0.25) is 0 Å². The summed E-state index contributed by atoms with van der Waals surface area (Å²) in [5.41, 5.74) is 0. The van der Waals surface area contributed by atoms with Gasteiger partial charge in [-0.2, -0.15) is 0 Å². The van der Waals surface area contributed by atoms with Crippen LogP contribution in [0, 0.1) is 0 Å². The van der Waals surface area contributed by atoms with Crippen LogP contribution in [0.5, 0.6) is 0 Å². The van der Waals surface area contributed by atoms with Crippen molar-refractivity contribution in [1.29, 1.82) is 0 Å². The number of piperazine rings is 1. The van der Waals surface area contributed by atoms with E-state index in [1.165, 1.54) is 30.7 Å². The van der Waals surface area contributed by atoms with Gasteiger partial charge < -0.3 is 16.0 Å². The Morgan fingerprint density at radius 3 is 3.21 bits per heavy atom. The molecule has 2 atom stereocenters. The van der Waals surface area contributed by atoms with Gasteiger partial charge in [-0.3, -0.25) is 14.7 Å². The highest BCUT2D eigenvalue weighted by atomic mass is 32.1. The summed E-state index contributed by atoms with van der Waals surface area (Å²) in [4.78, 5) is 22.9. The van der Waals surface area contributed by atoms with Crippen molar-refractivity contribution in [3.05, 3.63) is 23.1 Å². The maximum atomic E-state index is 12.9. The van der Waals surface area contributed by atoms with E-state index in [1.54, 1.807) is 0 Å². The van der Waals surface area contributed by atoms with E-state index >= 15 is 0 Å². The molecule has 0 saturated carbocycles. The third-order valence-corrected chi connectivity index (χ3v) is 4.75. The minimum atomic E-state index is -0.343. The van der Waals surface area contributed by atoms with Gasteiger partial charge in [0.15, 0.2) is 11.0 Å². The Morgan fingerprint density at radius 1 is 1.58 bits per heavy atom. The summed E-state index contributed by atoms with van der Waals surface area (Å²) in [5, 5.41) is 9.79. The second kappa shape index (κ2) is 7.82. The molecule has 0 aromatic carbocycles. The van der Waals surface area contributed by atoms with Gasteiger partial charge in [-0.1, -0.05) is 0 Å². The SMILES string of the molecule is CC(=O)Nc1ncc(CN2CCNC(CC3N=CC(F)=CN3)C2)s1. The molecule has 24 heavy (non-hydrogen) atoms. The van der Waals surface area contributed by atoms with Crippen molar-refractivity contribution in [3.8, 4) is 0 Å². The van der Waals surface area contributed by atoms with Crippen LogP contribution in [0.1, 0.15) is 18.2 Å². The monoisotopic (exact) mass is 352 g/mol. The first-order valence-corrected chi connectivity index (χ1v) is 8.73. The van der Waals surface area contributed by atoms with Crippen molar-refractivity contribution in [2.24, 2.45) is 4.99 Å². The molecule has 1 aromatic heterocycles. The summed E-state index contributed by atoms with van der Waals surface area (Å²) in [6.07, 6.45) is 5.16. The van der Waals surface area contributed by atoms with Crippen molar-refractivity contribution in [1.82, 2.24) is 20.5 Å². The second-order valence-corrected chi connectivity index (χ2v) is 7.04. The largest absolute Gasteiger partial charge is 0.367 e. The summed E-state index contributed by atoms with van der Waals surface area (Å²) in [6, 6.07) is 0.297. The molecule has 0 aliphatic carbocycles. The first kappa shape index (κ1) is 17.0. The predicted octanol–water partition coefficient (Wildman–Crippen LogP) is 1.08. The molecule has 1 amide bonds. The molecule has 130 valence electrons. The standard InChI is InChI=1S/C15H21FN6OS/c1-10(23)21-15-20-7-13(24-15)9-22-3-2-17-12(8-22)4-14-18-5-11(16)6-19-14/h5-7,12,14,17-18H,2-4,8-9H2,1H3,(H,20,21,23).